The summed E-state index contributed by atoms with van der Waals surface area (Å²) in [4.78, 5) is 0. The van der Waals surface area contributed by atoms with E-state index in [-0.39, 0.29) is 0 Å². The number of alkyl halides is 1. The molecule has 0 saturated heterocycles. The van der Waals surface area contributed by atoms with Crippen molar-refractivity contribution in [3.8, 4) is 0 Å². The Bertz CT molecular complexity index is 52.0. The van der Waals surface area contributed by atoms with Gasteiger partial charge in [-0.3, -0.25) is 0 Å². The highest BCUT2D eigenvalue weighted by molar-refractivity contribution is 6.17. The molecule has 0 aromatic carbocycles. The van der Waals surface area contributed by atoms with Crippen molar-refractivity contribution in [3.05, 3.63) is 0 Å². The topological polar surface area (TPSA) is 9.23 Å². The van der Waals surface area contributed by atoms with Gasteiger partial charge in [0.2, 0.25) is 0 Å². The molecule has 0 aromatic heterocycles. The molecule has 1 nitrogen and oxygen atoms in total. The fraction of sp³-hybridized carbons (Fsp3) is 1.00. The molecule has 7 heavy (non-hydrogen) atoms. The highest BCUT2D eigenvalue weighted by atomic mass is 35.5. The van der Waals surface area contributed by atoms with E-state index in [1.54, 1.807) is 0 Å². The Balaban J connectivity index is 1.93. The van der Waals surface area contributed by atoms with Gasteiger partial charge in [-0.15, -0.1) is 0 Å². The lowest BCUT2D eigenvalue weighted by atomic mass is 9.96. The van der Waals surface area contributed by atoms with Crippen molar-refractivity contribution in [2.45, 2.75) is 25.4 Å². The van der Waals surface area contributed by atoms with Gasteiger partial charge < -0.3 is 4.74 Å². The molecule has 0 aromatic rings. The van der Waals surface area contributed by atoms with Crippen molar-refractivity contribution in [2.75, 3.05) is 6.07 Å². The van der Waals surface area contributed by atoms with Crippen molar-refractivity contribution in [1.82, 2.24) is 0 Å². The summed E-state index contributed by atoms with van der Waals surface area (Å²) in [7, 11) is 0. The normalized spacial score (nSPS) is 21.9. The third kappa shape index (κ3) is 1.32. The average molecular weight is 121 g/mol. The van der Waals surface area contributed by atoms with Crippen molar-refractivity contribution >= 4 is 11.6 Å². The molecule has 0 heterocycles. The highest BCUT2D eigenvalue weighted by Gasteiger charge is 2.16. The molecule has 42 valence electrons. The maximum Gasteiger partial charge on any atom is 0.121 e. The summed E-state index contributed by atoms with van der Waals surface area (Å²) in [6.45, 7) is 0. The quantitative estimate of drug-likeness (QED) is 0.505. The second kappa shape index (κ2) is 2.53. The Morgan fingerprint density at radius 3 is 2.43 bits per heavy atom. The molecule has 1 saturated carbocycles. The Morgan fingerprint density at radius 2 is 2.29 bits per heavy atom. The first-order valence-corrected chi connectivity index (χ1v) is 3.14. The minimum atomic E-state index is 0.366. The Kier molecular flexibility index (Phi) is 1.95. The van der Waals surface area contributed by atoms with Gasteiger partial charge in [-0.1, -0.05) is 11.6 Å². The van der Waals surface area contributed by atoms with Crippen LogP contribution in [0.4, 0.5) is 0 Å². The molecule has 0 amide bonds. The number of hydrogen-bond acceptors (Lipinski definition) is 1. The van der Waals surface area contributed by atoms with Gasteiger partial charge in [-0.2, -0.15) is 0 Å². The first kappa shape index (κ1) is 5.39. The monoisotopic (exact) mass is 120 g/mol. The van der Waals surface area contributed by atoms with E-state index in [4.69, 9.17) is 16.3 Å². The molecule has 0 radical (unpaired) electrons. The molecule has 0 atom stereocenters. The minimum Gasteiger partial charge on any atom is -0.363 e. The molecular formula is C5H9ClO. The molecule has 1 rings (SSSR count). The standard InChI is InChI=1S/C5H9ClO/c6-4-7-5-2-1-3-5/h5H,1-4H2. The van der Waals surface area contributed by atoms with Crippen molar-refractivity contribution in [3.63, 3.8) is 0 Å². The molecule has 1 fully saturated rings. The van der Waals surface area contributed by atoms with Crippen molar-refractivity contribution in [1.29, 1.82) is 0 Å². The van der Waals surface area contributed by atoms with Crippen LogP contribution in [0.5, 0.6) is 0 Å². The van der Waals surface area contributed by atoms with Crippen LogP contribution in [0.1, 0.15) is 19.3 Å². The molecule has 1 aliphatic carbocycles. The number of hydrogen-bond donors (Lipinski definition) is 0. The second-order valence-electron chi connectivity index (χ2n) is 1.83. The van der Waals surface area contributed by atoms with Crippen molar-refractivity contribution in [2.24, 2.45) is 0 Å². The van der Waals surface area contributed by atoms with Crippen LogP contribution in [0.3, 0.4) is 0 Å². The Hall–Kier alpha value is 0.250. The third-order valence-electron chi connectivity index (χ3n) is 1.35. The Labute approximate surface area is 48.6 Å². The lowest BCUT2D eigenvalue weighted by Gasteiger charge is -2.23. The molecule has 0 N–H and O–H groups in total. The Morgan fingerprint density at radius 1 is 1.57 bits per heavy atom. The van der Waals surface area contributed by atoms with E-state index >= 15 is 0 Å². The average Bonchev–Trinajstić information content (AvgIpc) is 1.55. The second-order valence-corrected chi connectivity index (χ2v) is 2.05. The predicted molar refractivity (Wildman–Crippen MR) is 29.4 cm³/mol. The molecular weight excluding hydrogens is 112 g/mol. The summed E-state index contributed by atoms with van der Waals surface area (Å²) in [6, 6.07) is 0.366. The lowest BCUT2D eigenvalue weighted by molar-refractivity contribution is 0.0290. The summed E-state index contributed by atoms with van der Waals surface area (Å²) in [5, 5.41) is 0. The largest absolute Gasteiger partial charge is 0.363 e. The van der Waals surface area contributed by atoms with Gasteiger partial charge in [0, 0.05) is 0 Å². The van der Waals surface area contributed by atoms with Gasteiger partial charge in [0.1, 0.15) is 6.07 Å². The summed E-state index contributed by atoms with van der Waals surface area (Å²) >= 11 is 5.29. The third-order valence-corrected chi connectivity index (χ3v) is 1.48. The predicted octanol–water partition coefficient (Wildman–Crippen LogP) is 1.75. The number of halogens is 1. The van der Waals surface area contributed by atoms with Gasteiger partial charge in [-0.25, -0.2) is 0 Å². The highest BCUT2D eigenvalue weighted by Crippen LogP contribution is 2.21. The summed E-state index contributed by atoms with van der Waals surface area (Å²) in [6.07, 6.45) is 4.25. The van der Waals surface area contributed by atoms with E-state index < -0.39 is 0 Å². The van der Waals surface area contributed by atoms with E-state index in [0.717, 1.165) is 0 Å². The van der Waals surface area contributed by atoms with E-state index in [2.05, 4.69) is 0 Å². The number of ether oxygens (including phenoxy) is 1. The van der Waals surface area contributed by atoms with Crippen LogP contribution in [0.25, 0.3) is 0 Å². The number of rotatable bonds is 2. The molecule has 0 unspecified atom stereocenters. The van der Waals surface area contributed by atoms with Gasteiger partial charge in [0.05, 0.1) is 6.10 Å². The summed E-state index contributed by atoms with van der Waals surface area (Å²) < 4.78 is 5.04. The molecule has 0 aliphatic heterocycles. The zero-order chi connectivity index (χ0) is 5.11. The molecule has 1 aliphatic rings. The van der Waals surface area contributed by atoms with Crippen LogP contribution in [0.15, 0.2) is 0 Å². The molecule has 2 heteroatoms. The van der Waals surface area contributed by atoms with Crippen LogP contribution < -0.4 is 0 Å². The first-order valence-electron chi connectivity index (χ1n) is 2.61. The van der Waals surface area contributed by atoms with Crippen LogP contribution in [-0.2, 0) is 4.74 Å². The molecule has 0 bridgehead atoms. The van der Waals surface area contributed by atoms with Gasteiger partial charge in [0.15, 0.2) is 0 Å². The zero-order valence-corrected chi connectivity index (χ0v) is 4.95. The molecule has 0 spiro atoms. The van der Waals surface area contributed by atoms with E-state index in [9.17, 15) is 0 Å². The maximum absolute atomic E-state index is 5.29. The fourth-order valence-electron chi connectivity index (χ4n) is 0.627. The summed E-state index contributed by atoms with van der Waals surface area (Å²) in [5.41, 5.74) is 0. The lowest BCUT2D eigenvalue weighted by Crippen LogP contribution is -2.20. The van der Waals surface area contributed by atoms with E-state index in [0.29, 0.717) is 12.2 Å². The van der Waals surface area contributed by atoms with Crippen LogP contribution in [-0.4, -0.2) is 12.2 Å². The van der Waals surface area contributed by atoms with E-state index in [1.807, 2.05) is 0 Å². The van der Waals surface area contributed by atoms with Gasteiger partial charge in [-0.05, 0) is 19.3 Å². The minimum absolute atomic E-state index is 0.366. The van der Waals surface area contributed by atoms with Gasteiger partial charge >= 0.3 is 0 Å². The fourth-order valence-corrected chi connectivity index (χ4v) is 0.805. The van der Waals surface area contributed by atoms with E-state index in [1.165, 1.54) is 19.3 Å². The van der Waals surface area contributed by atoms with Gasteiger partial charge in [0.25, 0.3) is 0 Å². The zero-order valence-electron chi connectivity index (χ0n) is 4.19. The maximum atomic E-state index is 5.29. The van der Waals surface area contributed by atoms with Crippen LogP contribution >= 0.6 is 11.6 Å². The van der Waals surface area contributed by atoms with Crippen molar-refractivity contribution < 1.29 is 4.74 Å². The smallest absolute Gasteiger partial charge is 0.121 e. The summed E-state index contributed by atoms with van der Waals surface area (Å²) in [5.74, 6) is 0. The van der Waals surface area contributed by atoms with Crippen LogP contribution in [0.2, 0.25) is 0 Å². The SMILES string of the molecule is ClCOC1CCC1. The first-order chi connectivity index (χ1) is 3.43. The van der Waals surface area contributed by atoms with Crippen LogP contribution in [0, 0.1) is 0 Å².